The van der Waals surface area contributed by atoms with Crippen LogP contribution in [0.1, 0.15) is 24.8 Å². The fraction of sp³-hybridized carbons (Fsp3) is 0.500. The number of amides is 1. The summed E-state index contributed by atoms with van der Waals surface area (Å²) in [4.78, 5) is 11.2. The fourth-order valence-corrected chi connectivity index (χ4v) is 2.70. The molecular weight excluding hydrogens is 226 g/mol. The van der Waals surface area contributed by atoms with Gasteiger partial charge in [0.25, 0.3) is 0 Å². The topological polar surface area (TPSA) is 44.4 Å². The molecule has 4 heteroatoms. The molecule has 96 valence electrons. The summed E-state index contributed by atoms with van der Waals surface area (Å²) in [6.45, 7) is 1.92. The molecule has 2 saturated heterocycles. The van der Waals surface area contributed by atoms with Gasteiger partial charge in [-0.1, -0.05) is 12.1 Å². The van der Waals surface area contributed by atoms with Gasteiger partial charge in [-0.2, -0.15) is 0 Å². The van der Waals surface area contributed by atoms with Gasteiger partial charge in [0.15, 0.2) is 0 Å². The van der Waals surface area contributed by atoms with Crippen LogP contribution < -0.4 is 15.8 Å². The summed E-state index contributed by atoms with van der Waals surface area (Å²) in [5.41, 5.74) is 5.28. The van der Waals surface area contributed by atoms with Gasteiger partial charge in [0.2, 0.25) is 5.91 Å². The van der Waals surface area contributed by atoms with E-state index in [0.29, 0.717) is 12.5 Å². The van der Waals surface area contributed by atoms with E-state index in [-0.39, 0.29) is 5.91 Å². The van der Waals surface area contributed by atoms with Gasteiger partial charge in [-0.25, -0.2) is 0 Å². The minimum atomic E-state index is 0.106. The minimum Gasteiger partial charge on any atom is -0.314 e. The van der Waals surface area contributed by atoms with Crippen molar-refractivity contribution in [1.29, 1.82) is 0 Å². The molecule has 1 unspecified atom stereocenters. The van der Waals surface area contributed by atoms with Gasteiger partial charge in [-0.3, -0.25) is 15.2 Å². The molecular formula is C14H19N3O. The van der Waals surface area contributed by atoms with Crippen molar-refractivity contribution in [2.24, 2.45) is 0 Å². The van der Waals surface area contributed by atoms with Crippen LogP contribution in [0.5, 0.6) is 0 Å². The van der Waals surface area contributed by atoms with E-state index in [0.717, 1.165) is 25.2 Å². The Balaban J connectivity index is 1.63. The number of rotatable bonds is 3. The van der Waals surface area contributed by atoms with Crippen molar-refractivity contribution in [3.05, 3.63) is 29.8 Å². The average molecular weight is 245 g/mol. The fourth-order valence-electron chi connectivity index (χ4n) is 2.70. The molecule has 3 rings (SSSR count). The molecule has 1 amide bonds. The monoisotopic (exact) mass is 245 g/mol. The van der Waals surface area contributed by atoms with E-state index in [9.17, 15) is 4.79 Å². The Morgan fingerprint density at radius 2 is 2.11 bits per heavy atom. The third kappa shape index (κ3) is 2.48. The maximum atomic E-state index is 11.2. The van der Waals surface area contributed by atoms with Gasteiger partial charge in [-0.15, -0.1) is 0 Å². The molecule has 2 aliphatic rings. The molecule has 1 aromatic rings. The maximum Gasteiger partial charge on any atom is 0.240 e. The lowest BCUT2D eigenvalue weighted by Gasteiger charge is -2.18. The molecule has 2 N–H and O–H groups in total. The van der Waals surface area contributed by atoms with Gasteiger partial charge in [0, 0.05) is 19.0 Å². The molecule has 2 fully saturated rings. The third-order valence-electron chi connectivity index (χ3n) is 3.71. The van der Waals surface area contributed by atoms with Crippen LogP contribution in [0.15, 0.2) is 24.3 Å². The zero-order valence-corrected chi connectivity index (χ0v) is 10.5. The molecule has 1 aromatic carbocycles. The summed E-state index contributed by atoms with van der Waals surface area (Å²) in [7, 11) is 0. The lowest BCUT2D eigenvalue weighted by atomic mass is 10.0. The van der Waals surface area contributed by atoms with Crippen LogP contribution in [-0.2, 0) is 11.2 Å². The van der Waals surface area contributed by atoms with Gasteiger partial charge >= 0.3 is 0 Å². The molecule has 4 nitrogen and oxygen atoms in total. The first kappa shape index (κ1) is 11.5. The van der Waals surface area contributed by atoms with Crippen LogP contribution in [-0.4, -0.2) is 25.0 Å². The molecule has 0 saturated carbocycles. The number of hydrazine groups is 1. The molecule has 0 aliphatic carbocycles. The second-order valence-electron chi connectivity index (χ2n) is 5.10. The molecule has 0 spiro atoms. The van der Waals surface area contributed by atoms with Crippen LogP contribution in [0.2, 0.25) is 0 Å². The smallest absolute Gasteiger partial charge is 0.240 e. The van der Waals surface area contributed by atoms with Crippen molar-refractivity contribution in [3.63, 3.8) is 0 Å². The van der Waals surface area contributed by atoms with E-state index in [2.05, 4.69) is 35.0 Å². The Kier molecular flexibility index (Phi) is 3.19. The van der Waals surface area contributed by atoms with Gasteiger partial charge in [-0.05, 0) is 43.5 Å². The van der Waals surface area contributed by atoms with Crippen molar-refractivity contribution < 1.29 is 4.79 Å². The van der Waals surface area contributed by atoms with Gasteiger partial charge < -0.3 is 5.32 Å². The lowest BCUT2D eigenvalue weighted by Crippen LogP contribution is -2.32. The van der Waals surface area contributed by atoms with E-state index in [4.69, 9.17) is 0 Å². The third-order valence-corrected chi connectivity index (χ3v) is 3.71. The highest BCUT2D eigenvalue weighted by atomic mass is 16.2. The van der Waals surface area contributed by atoms with E-state index in [1.165, 1.54) is 18.4 Å². The van der Waals surface area contributed by atoms with Crippen molar-refractivity contribution in [3.8, 4) is 0 Å². The average Bonchev–Trinajstić information content (AvgIpc) is 3.02. The van der Waals surface area contributed by atoms with Crippen LogP contribution in [0.4, 0.5) is 5.69 Å². The first-order chi connectivity index (χ1) is 8.81. The standard InChI is InChI=1S/C14H19N3O/c18-14-7-9-17(16-14)13-5-3-11(4-6-13)10-12-2-1-8-15-12/h3-6,12,15H,1-2,7-10H2,(H,16,18). The SMILES string of the molecule is O=C1CCN(c2ccc(CC3CCCN3)cc2)N1. The molecule has 1 atom stereocenters. The number of nitrogens with zero attached hydrogens (tertiary/aromatic N) is 1. The number of nitrogens with one attached hydrogen (secondary N) is 2. The predicted octanol–water partition coefficient (Wildman–Crippen LogP) is 1.22. The zero-order chi connectivity index (χ0) is 12.4. The Morgan fingerprint density at radius 3 is 2.72 bits per heavy atom. The van der Waals surface area contributed by atoms with Gasteiger partial charge in [0.05, 0.1) is 5.69 Å². The maximum absolute atomic E-state index is 11.2. The van der Waals surface area contributed by atoms with E-state index in [1.807, 2.05) is 5.01 Å². The lowest BCUT2D eigenvalue weighted by molar-refractivity contribution is -0.119. The summed E-state index contributed by atoms with van der Waals surface area (Å²) >= 11 is 0. The van der Waals surface area contributed by atoms with Crippen LogP contribution >= 0.6 is 0 Å². The molecule has 0 bridgehead atoms. The zero-order valence-electron chi connectivity index (χ0n) is 10.5. The van der Waals surface area contributed by atoms with Crippen molar-refractivity contribution in [2.45, 2.75) is 31.7 Å². The van der Waals surface area contributed by atoms with E-state index >= 15 is 0 Å². The molecule has 0 aromatic heterocycles. The first-order valence-electron chi connectivity index (χ1n) is 6.70. The van der Waals surface area contributed by atoms with Gasteiger partial charge in [0.1, 0.15) is 0 Å². The Hall–Kier alpha value is -1.55. The summed E-state index contributed by atoms with van der Waals surface area (Å²) in [5.74, 6) is 0.106. The highest BCUT2D eigenvalue weighted by Crippen LogP contribution is 2.18. The van der Waals surface area contributed by atoms with Crippen molar-refractivity contribution >= 4 is 11.6 Å². The first-order valence-corrected chi connectivity index (χ1v) is 6.70. The number of benzene rings is 1. The summed E-state index contributed by atoms with van der Waals surface area (Å²) in [6, 6.07) is 9.16. The normalized spacial score (nSPS) is 23.4. The van der Waals surface area contributed by atoms with E-state index in [1.54, 1.807) is 0 Å². The second kappa shape index (κ2) is 4.98. The Labute approximate surface area is 107 Å². The highest BCUT2D eigenvalue weighted by Gasteiger charge is 2.19. The van der Waals surface area contributed by atoms with Crippen LogP contribution in [0.25, 0.3) is 0 Å². The summed E-state index contributed by atoms with van der Waals surface area (Å²) in [6.07, 6.45) is 4.27. The van der Waals surface area contributed by atoms with Crippen molar-refractivity contribution in [1.82, 2.24) is 10.7 Å². The summed E-state index contributed by atoms with van der Waals surface area (Å²) < 4.78 is 0. The largest absolute Gasteiger partial charge is 0.314 e. The summed E-state index contributed by atoms with van der Waals surface area (Å²) in [5, 5.41) is 5.43. The number of hydrogen-bond donors (Lipinski definition) is 2. The molecule has 0 radical (unpaired) electrons. The number of anilines is 1. The number of hydrogen-bond acceptors (Lipinski definition) is 3. The van der Waals surface area contributed by atoms with Crippen LogP contribution in [0, 0.1) is 0 Å². The van der Waals surface area contributed by atoms with Crippen LogP contribution in [0.3, 0.4) is 0 Å². The molecule has 2 aliphatic heterocycles. The number of carbonyl (C=O) groups is 1. The highest BCUT2D eigenvalue weighted by molar-refractivity contribution is 5.81. The minimum absolute atomic E-state index is 0.106. The molecule has 18 heavy (non-hydrogen) atoms. The second-order valence-corrected chi connectivity index (χ2v) is 5.10. The number of carbonyl (C=O) groups excluding carboxylic acids is 1. The van der Waals surface area contributed by atoms with Crippen molar-refractivity contribution in [2.75, 3.05) is 18.1 Å². The molecule has 2 heterocycles. The Morgan fingerprint density at radius 1 is 1.28 bits per heavy atom. The van der Waals surface area contributed by atoms with E-state index < -0.39 is 0 Å². The predicted molar refractivity (Wildman–Crippen MR) is 71.3 cm³/mol. The Bertz CT molecular complexity index is 423. The quantitative estimate of drug-likeness (QED) is 0.841.